The Morgan fingerprint density at radius 1 is 0.744 bits per heavy atom. The zero-order valence-corrected chi connectivity index (χ0v) is 23.7. The molecule has 10 heteroatoms. The highest BCUT2D eigenvalue weighted by Crippen LogP contribution is 2.31. The van der Waals surface area contributed by atoms with E-state index in [0.717, 1.165) is 10.5 Å². The molecule has 1 aliphatic heterocycles. The molecule has 0 fully saturated rings. The van der Waals surface area contributed by atoms with Gasteiger partial charge in [-0.25, -0.2) is 14.5 Å². The Bertz CT molecular complexity index is 1680. The maximum absolute atomic E-state index is 13.1. The van der Waals surface area contributed by atoms with Crippen molar-refractivity contribution < 1.29 is 33.4 Å². The number of nitrogens with zero attached hydrogens (tertiary/aromatic N) is 1. The molecule has 0 unspecified atom stereocenters. The Labute approximate surface area is 252 Å². The molecule has 1 heterocycles. The largest absolute Gasteiger partial charge is 0.494 e. The lowest BCUT2D eigenvalue weighted by molar-refractivity contribution is -0.120. The van der Waals surface area contributed by atoms with Crippen molar-refractivity contribution in [3.63, 3.8) is 0 Å². The van der Waals surface area contributed by atoms with Gasteiger partial charge in [0, 0.05) is 5.69 Å². The molecule has 2 amide bonds. The summed E-state index contributed by atoms with van der Waals surface area (Å²) in [5, 5.41) is 2.62. The maximum Gasteiger partial charge on any atom is 0.343 e. The van der Waals surface area contributed by atoms with Gasteiger partial charge in [0.25, 0.3) is 11.8 Å². The molecule has 43 heavy (non-hydrogen) atoms. The number of ether oxygens (including phenoxy) is 3. The Balaban J connectivity index is 1.17. The van der Waals surface area contributed by atoms with Gasteiger partial charge in [-0.05, 0) is 85.3 Å². The van der Waals surface area contributed by atoms with Gasteiger partial charge in [-0.3, -0.25) is 9.59 Å². The molecule has 0 spiro atoms. The van der Waals surface area contributed by atoms with Gasteiger partial charge in [0.2, 0.25) is 0 Å². The zero-order chi connectivity index (χ0) is 30.3. The van der Waals surface area contributed by atoms with Crippen LogP contribution in [0.1, 0.15) is 33.2 Å². The molecular weight excluding hydrogens is 572 g/mol. The van der Waals surface area contributed by atoms with Crippen LogP contribution in [-0.4, -0.2) is 30.4 Å². The minimum atomic E-state index is -0.658. The van der Waals surface area contributed by atoms with Gasteiger partial charge in [0.05, 0.1) is 23.4 Å². The number of nitrogens with one attached hydrogen (secondary N) is 1. The van der Waals surface area contributed by atoms with Crippen LogP contribution in [0.5, 0.6) is 11.5 Å². The van der Waals surface area contributed by atoms with Gasteiger partial charge < -0.3 is 19.5 Å². The predicted octanol–water partition coefficient (Wildman–Crippen LogP) is 6.10. The van der Waals surface area contributed by atoms with Crippen LogP contribution in [0, 0.1) is 0 Å². The smallest absolute Gasteiger partial charge is 0.343 e. The Morgan fingerprint density at radius 3 is 2.00 bits per heavy atom. The number of amides is 2. The minimum Gasteiger partial charge on any atom is -0.494 e. The predicted molar refractivity (Wildman–Crippen MR) is 160 cm³/mol. The third kappa shape index (κ3) is 6.74. The van der Waals surface area contributed by atoms with E-state index in [9.17, 15) is 19.2 Å². The van der Waals surface area contributed by atoms with Crippen LogP contribution in [0.4, 0.5) is 11.4 Å². The number of carbonyl (C=O) groups excluding carboxylic acids is 4. The number of imide groups is 1. The molecule has 4 aromatic carbocycles. The molecular formula is C33H25ClN2O7. The van der Waals surface area contributed by atoms with Crippen molar-refractivity contribution in [2.75, 3.05) is 16.8 Å². The summed E-state index contributed by atoms with van der Waals surface area (Å²) < 4.78 is 16.1. The van der Waals surface area contributed by atoms with E-state index < -0.39 is 23.8 Å². The van der Waals surface area contributed by atoms with Gasteiger partial charge in [-0.15, -0.1) is 0 Å². The summed E-state index contributed by atoms with van der Waals surface area (Å²) in [5.74, 6) is -1.54. The van der Waals surface area contributed by atoms with Crippen molar-refractivity contribution in [3.05, 3.63) is 131 Å². The van der Waals surface area contributed by atoms with Crippen molar-refractivity contribution >= 4 is 46.7 Å². The van der Waals surface area contributed by atoms with E-state index in [0.29, 0.717) is 29.3 Å². The Hall–Kier alpha value is -5.41. The van der Waals surface area contributed by atoms with Crippen molar-refractivity contribution in [1.82, 2.24) is 0 Å². The van der Waals surface area contributed by atoms with E-state index in [1.54, 1.807) is 36.4 Å². The maximum atomic E-state index is 13.1. The molecule has 9 nitrogen and oxygen atoms in total. The summed E-state index contributed by atoms with van der Waals surface area (Å²) in [5.41, 5.74) is 2.12. The molecule has 0 bridgehead atoms. The second-order valence-electron chi connectivity index (χ2n) is 9.24. The van der Waals surface area contributed by atoms with Crippen molar-refractivity contribution in [1.29, 1.82) is 0 Å². The summed E-state index contributed by atoms with van der Waals surface area (Å²) in [4.78, 5) is 51.8. The van der Waals surface area contributed by atoms with E-state index in [1.165, 1.54) is 36.4 Å². The quantitative estimate of drug-likeness (QED) is 0.133. The monoisotopic (exact) mass is 596 g/mol. The summed E-state index contributed by atoms with van der Waals surface area (Å²) in [6.45, 7) is 2.49. The first-order chi connectivity index (χ1) is 20.8. The highest BCUT2D eigenvalue weighted by Gasteiger charge is 2.39. The third-order valence-electron chi connectivity index (χ3n) is 6.34. The molecule has 0 radical (unpaired) electrons. The molecule has 1 aliphatic rings. The van der Waals surface area contributed by atoms with Crippen LogP contribution in [0.3, 0.4) is 0 Å². The number of anilines is 2. The van der Waals surface area contributed by atoms with Crippen molar-refractivity contribution in [3.8, 4) is 11.5 Å². The van der Waals surface area contributed by atoms with E-state index in [2.05, 4.69) is 5.32 Å². The van der Waals surface area contributed by atoms with Crippen molar-refractivity contribution in [2.45, 2.75) is 13.5 Å². The topological polar surface area (TPSA) is 111 Å². The van der Waals surface area contributed by atoms with Crippen molar-refractivity contribution in [2.24, 2.45) is 0 Å². The lowest BCUT2D eigenvalue weighted by atomic mass is 10.2. The van der Waals surface area contributed by atoms with E-state index in [4.69, 9.17) is 25.8 Å². The van der Waals surface area contributed by atoms with Gasteiger partial charge in [0.15, 0.2) is 0 Å². The molecule has 0 saturated heterocycles. The number of carbonyl (C=O) groups is 4. The number of hydrogen-bond acceptors (Lipinski definition) is 8. The van der Waals surface area contributed by atoms with Crippen LogP contribution in [0.25, 0.3) is 0 Å². The highest BCUT2D eigenvalue weighted by atomic mass is 35.5. The number of halogens is 1. The molecule has 216 valence electrons. The summed E-state index contributed by atoms with van der Waals surface area (Å²) in [7, 11) is 0. The highest BCUT2D eigenvalue weighted by molar-refractivity contribution is 6.53. The Kier molecular flexibility index (Phi) is 8.83. The summed E-state index contributed by atoms with van der Waals surface area (Å²) in [6, 6.07) is 28.0. The number of hydrogen-bond donors (Lipinski definition) is 1. The van der Waals surface area contributed by atoms with Gasteiger partial charge in [-0.2, -0.15) is 0 Å². The lowest BCUT2D eigenvalue weighted by Gasteiger charge is -2.15. The zero-order valence-electron chi connectivity index (χ0n) is 22.9. The van der Waals surface area contributed by atoms with Gasteiger partial charge >= 0.3 is 11.9 Å². The normalized spacial score (nSPS) is 12.7. The van der Waals surface area contributed by atoms with Crippen LogP contribution in [0.2, 0.25) is 0 Å². The van der Waals surface area contributed by atoms with E-state index >= 15 is 0 Å². The average molecular weight is 597 g/mol. The van der Waals surface area contributed by atoms with Crippen LogP contribution < -0.4 is 19.7 Å². The second-order valence-corrected chi connectivity index (χ2v) is 9.62. The minimum absolute atomic E-state index is 0.0849. The summed E-state index contributed by atoms with van der Waals surface area (Å²) in [6.07, 6.45) is 0. The number of rotatable bonds is 10. The third-order valence-corrected chi connectivity index (χ3v) is 6.69. The van der Waals surface area contributed by atoms with Crippen LogP contribution >= 0.6 is 11.6 Å². The second kappa shape index (κ2) is 13.1. The first-order valence-corrected chi connectivity index (χ1v) is 13.6. The van der Waals surface area contributed by atoms with E-state index in [1.807, 2.05) is 37.3 Å². The molecule has 1 N–H and O–H groups in total. The molecule has 0 aromatic heterocycles. The Morgan fingerprint density at radius 2 is 1.35 bits per heavy atom. The lowest BCUT2D eigenvalue weighted by Crippen LogP contribution is -2.32. The molecule has 0 aliphatic carbocycles. The first kappa shape index (κ1) is 29.1. The van der Waals surface area contributed by atoms with Crippen LogP contribution in [0.15, 0.2) is 114 Å². The SMILES string of the molecule is CCOc1ccc(N2C(=O)C(Cl)=C(Nc3ccc(C(=O)Oc4ccc(C(=O)OCc5ccccc5)cc4)cc3)C2=O)cc1. The fraction of sp³-hybridized carbons (Fsp3) is 0.0909. The molecule has 5 rings (SSSR count). The van der Waals surface area contributed by atoms with Crippen LogP contribution in [-0.2, 0) is 20.9 Å². The number of benzene rings is 4. The standard InChI is InChI=1S/C33H25ClN2O7/c1-2-41-26-18-14-25(15-19-26)36-30(37)28(34)29(31(36)38)35-24-12-8-23(9-13-24)33(40)43-27-16-10-22(11-17-27)32(39)42-20-21-6-4-3-5-7-21/h3-19,35H,2,20H2,1H3. The molecule has 0 saturated carbocycles. The number of esters is 2. The van der Waals surface area contributed by atoms with Gasteiger partial charge in [0.1, 0.15) is 28.8 Å². The average Bonchev–Trinajstić information content (AvgIpc) is 3.24. The fourth-order valence-electron chi connectivity index (χ4n) is 4.17. The fourth-order valence-corrected chi connectivity index (χ4v) is 4.38. The summed E-state index contributed by atoms with van der Waals surface area (Å²) >= 11 is 6.22. The van der Waals surface area contributed by atoms with E-state index in [-0.39, 0.29) is 28.6 Å². The molecule has 0 atom stereocenters. The first-order valence-electron chi connectivity index (χ1n) is 13.3. The molecule has 4 aromatic rings. The van der Waals surface area contributed by atoms with Gasteiger partial charge in [-0.1, -0.05) is 41.9 Å².